The number of benzene rings is 2. The highest BCUT2D eigenvalue weighted by molar-refractivity contribution is 5.41. The zero-order chi connectivity index (χ0) is 14.7. The third-order valence-corrected chi connectivity index (χ3v) is 3.99. The molecular weight excluding hydrogens is 264 g/mol. The van der Waals surface area contributed by atoms with Crippen LogP contribution in [0.3, 0.4) is 0 Å². The Hall–Kier alpha value is -2.00. The Balaban J connectivity index is 1.80. The van der Waals surface area contributed by atoms with Gasteiger partial charge in [0.1, 0.15) is 11.5 Å². The summed E-state index contributed by atoms with van der Waals surface area (Å²) in [7, 11) is 1.62. The molecule has 0 amide bonds. The van der Waals surface area contributed by atoms with Crippen molar-refractivity contribution in [3.63, 3.8) is 0 Å². The maximum atomic E-state index is 5.94. The molecule has 1 aliphatic heterocycles. The number of para-hydroxylation sites is 1. The molecule has 1 aliphatic rings. The van der Waals surface area contributed by atoms with Crippen LogP contribution in [0.4, 0.5) is 0 Å². The van der Waals surface area contributed by atoms with Crippen LogP contribution in [0.2, 0.25) is 0 Å². The first-order chi connectivity index (χ1) is 10.2. The lowest BCUT2D eigenvalue weighted by molar-refractivity contribution is 0.0511. The fourth-order valence-corrected chi connectivity index (χ4v) is 2.76. The first kappa shape index (κ1) is 14.0. The third kappa shape index (κ3) is 2.88. The standard InChI is InChI=1S/C18H20O3/c1-18(11-14-5-3-4-6-17(14)20-12-18)15-7-9-16(10-8-15)21-13-19-2/h3-10H,11-13H2,1-2H3. The second kappa shape index (κ2) is 5.78. The lowest BCUT2D eigenvalue weighted by atomic mass is 9.76. The summed E-state index contributed by atoms with van der Waals surface area (Å²) >= 11 is 0. The van der Waals surface area contributed by atoms with E-state index in [0.29, 0.717) is 6.61 Å². The van der Waals surface area contributed by atoms with Crippen molar-refractivity contribution in [3.05, 3.63) is 59.7 Å². The van der Waals surface area contributed by atoms with Gasteiger partial charge in [0, 0.05) is 12.5 Å². The molecule has 0 fully saturated rings. The van der Waals surface area contributed by atoms with Crippen LogP contribution in [-0.2, 0) is 16.6 Å². The van der Waals surface area contributed by atoms with Crippen molar-refractivity contribution in [2.24, 2.45) is 0 Å². The molecule has 21 heavy (non-hydrogen) atoms. The van der Waals surface area contributed by atoms with Crippen LogP contribution in [0.1, 0.15) is 18.1 Å². The van der Waals surface area contributed by atoms with Crippen LogP contribution in [0.25, 0.3) is 0 Å². The van der Waals surface area contributed by atoms with Gasteiger partial charge in [0.25, 0.3) is 0 Å². The van der Waals surface area contributed by atoms with Gasteiger partial charge in [-0.25, -0.2) is 0 Å². The smallest absolute Gasteiger partial charge is 0.188 e. The van der Waals surface area contributed by atoms with Crippen LogP contribution in [0, 0.1) is 0 Å². The number of hydrogen-bond acceptors (Lipinski definition) is 3. The quantitative estimate of drug-likeness (QED) is 0.803. The molecule has 0 saturated carbocycles. The van der Waals surface area contributed by atoms with Crippen molar-refractivity contribution >= 4 is 0 Å². The maximum absolute atomic E-state index is 5.94. The molecule has 2 aromatic rings. The third-order valence-electron chi connectivity index (χ3n) is 3.99. The molecule has 0 radical (unpaired) electrons. The maximum Gasteiger partial charge on any atom is 0.188 e. The number of methoxy groups -OCH3 is 1. The Bertz CT molecular complexity index is 606. The molecule has 0 aliphatic carbocycles. The van der Waals surface area contributed by atoms with Crippen molar-refractivity contribution in [2.45, 2.75) is 18.8 Å². The highest BCUT2D eigenvalue weighted by atomic mass is 16.7. The molecule has 3 nitrogen and oxygen atoms in total. The number of ether oxygens (including phenoxy) is 3. The highest BCUT2D eigenvalue weighted by Crippen LogP contribution is 2.37. The van der Waals surface area contributed by atoms with Crippen LogP contribution >= 0.6 is 0 Å². The second-order valence-electron chi connectivity index (χ2n) is 5.71. The summed E-state index contributed by atoms with van der Waals surface area (Å²) in [5.41, 5.74) is 2.53. The van der Waals surface area contributed by atoms with Crippen LogP contribution in [0.5, 0.6) is 11.5 Å². The van der Waals surface area contributed by atoms with Crippen molar-refractivity contribution in [1.82, 2.24) is 0 Å². The summed E-state index contributed by atoms with van der Waals surface area (Å²) in [6.45, 7) is 3.21. The molecule has 0 bridgehead atoms. The van der Waals surface area contributed by atoms with Gasteiger partial charge in [-0.1, -0.05) is 37.3 Å². The Morgan fingerprint density at radius 1 is 1.10 bits per heavy atom. The summed E-state index contributed by atoms with van der Waals surface area (Å²) in [4.78, 5) is 0. The fraction of sp³-hybridized carbons (Fsp3) is 0.333. The fourth-order valence-electron chi connectivity index (χ4n) is 2.76. The molecule has 2 aromatic carbocycles. The molecule has 1 heterocycles. The molecule has 3 rings (SSSR count). The predicted octanol–water partition coefficient (Wildman–Crippen LogP) is 3.56. The van der Waals surface area contributed by atoms with Gasteiger partial charge in [-0.2, -0.15) is 0 Å². The molecule has 1 atom stereocenters. The summed E-state index contributed by atoms with van der Waals surface area (Å²) < 4.78 is 16.3. The molecular formula is C18H20O3. The summed E-state index contributed by atoms with van der Waals surface area (Å²) in [6.07, 6.45) is 0.988. The van der Waals surface area contributed by atoms with Crippen LogP contribution in [0.15, 0.2) is 48.5 Å². The Morgan fingerprint density at radius 2 is 1.86 bits per heavy atom. The highest BCUT2D eigenvalue weighted by Gasteiger charge is 2.32. The lowest BCUT2D eigenvalue weighted by Gasteiger charge is -2.35. The van der Waals surface area contributed by atoms with Crippen LogP contribution < -0.4 is 9.47 Å². The van der Waals surface area contributed by atoms with Gasteiger partial charge in [0.15, 0.2) is 6.79 Å². The second-order valence-corrected chi connectivity index (χ2v) is 5.71. The minimum atomic E-state index is -0.00581. The first-order valence-corrected chi connectivity index (χ1v) is 7.14. The lowest BCUT2D eigenvalue weighted by Crippen LogP contribution is -2.36. The summed E-state index contributed by atoms with van der Waals surface area (Å²) in [5.74, 6) is 1.83. The number of hydrogen-bond donors (Lipinski definition) is 0. The van der Waals surface area contributed by atoms with Gasteiger partial charge < -0.3 is 14.2 Å². The largest absolute Gasteiger partial charge is 0.492 e. The van der Waals surface area contributed by atoms with E-state index in [-0.39, 0.29) is 12.2 Å². The molecule has 0 N–H and O–H groups in total. The van der Waals surface area contributed by atoms with Gasteiger partial charge in [-0.05, 0) is 35.7 Å². The minimum Gasteiger partial charge on any atom is -0.492 e. The van der Waals surface area contributed by atoms with E-state index in [0.717, 1.165) is 17.9 Å². The average Bonchev–Trinajstić information content (AvgIpc) is 2.53. The van der Waals surface area contributed by atoms with E-state index in [4.69, 9.17) is 14.2 Å². The van der Waals surface area contributed by atoms with Gasteiger partial charge in [-0.15, -0.1) is 0 Å². The van der Waals surface area contributed by atoms with E-state index in [1.54, 1.807) is 7.11 Å². The van der Waals surface area contributed by atoms with Crippen molar-refractivity contribution < 1.29 is 14.2 Å². The van der Waals surface area contributed by atoms with Gasteiger partial charge >= 0.3 is 0 Å². The zero-order valence-corrected chi connectivity index (χ0v) is 12.5. The van der Waals surface area contributed by atoms with E-state index < -0.39 is 0 Å². The van der Waals surface area contributed by atoms with E-state index in [9.17, 15) is 0 Å². The average molecular weight is 284 g/mol. The van der Waals surface area contributed by atoms with Crippen molar-refractivity contribution in [1.29, 1.82) is 0 Å². The van der Waals surface area contributed by atoms with Gasteiger partial charge in [0.05, 0.1) is 6.61 Å². The molecule has 0 saturated heterocycles. The monoisotopic (exact) mass is 284 g/mol. The van der Waals surface area contributed by atoms with E-state index >= 15 is 0 Å². The van der Waals surface area contributed by atoms with Crippen LogP contribution in [-0.4, -0.2) is 20.5 Å². The molecule has 3 heteroatoms. The summed E-state index contributed by atoms with van der Waals surface area (Å²) in [6, 6.07) is 16.5. The van der Waals surface area contributed by atoms with E-state index in [1.165, 1.54) is 11.1 Å². The molecule has 110 valence electrons. The normalized spacial score (nSPS) is 20.5. The Labute approximate surface area is 125 Å². The Kier molecular flexibility index (Phi) is 3.84. The summed E-state index contributed by atoms with van der Waals surface area (Å²) in [5, 5.41) is 0. The number of fused-ring (bicyclic) bond motifs is 1. The van der Waals surface area contributed by atoms with Crippen molar-refractivity contribution in [3.8, 4) is 11.5 Å². The van der Waals surface area contributed by atoms with Gasteiger partial charge in [0.2, 0.25) is 0 Å². The first-order valence-electron chi connectivity index (χ1n) is 7.14. The molecule has 1 unspecified atom stereocenters. The van der Waals surface area contributed by atoms with E-state index in [2.05, 4.69) is 31.2 Å². The van der Waals surface area contributed by atoms with Gasteiger partial charge in [-0.3, -0.25) is 0 Å². The van der Waals surface area contributed by atoms with E-state index in [1.807, 2.05) is 24.3 Å². The number of rotatable bonds is 4. The molecule has 0 aromatic heterocycles. The predicted molar refractivity (Wildman–Crippen MR) is 81.9 cm³/mol. The zero-order valence-electron chi connectivity index (χ0n) is 12.5. The Morgan fingerprint density at radius 3 is 2.62 bits per heavy atom. The van der Waals surface area contributed by atoms with Crippen molar-refractivity contribution in [2.75, 3.05) is 20.5 Å². The topological polar surface area (TPSA) is 27.7 Å². The SMILES string of the molecule is COCOc1ccc(C2(C)COc3ccccc3C2)cc1. The minimum absolute atomic E-state index is 0.00581. The molecule has 0 spiro atoms.